The SMILES string of the molecule is CCCNCc1cnc(-n2cc(Cl)cn2)c(Cl)c1. The molecule has 0 bridgehead atoms. The van der Waals surface area contributed by atoms with Crippen LogP contribution in [0.3, 0.4) is 0 Å². The lowest BCUT2D eigenvalue weighted by molar-refractivity contribution is 0.673. The highest BCUT2D eigenvalue weighted by atomic mass is 35.5. The van der Waals surface area contributed by atoms with Gasteiger partial charge in [0.15, 0.2) is 5.82 Å². The normalized spacial score (nSPS) is 10.8. The standard InChI is InChI=1S/C12H14Cl2N4/c1-2-3-15-5-9-4-11(14)12(16-6-9)18-8-10(13)7-17-18/h4,6-8,15H,2-3,5H2,1H3. The van der Waals surface area contributed by atoms with Crippen molar-refractivity contribution in [2.75, 3.05) is 6.54 Å². The summed E-state index contributed by atoms with van der Waals surface area (Å²) in [6.07, 6.45) is 6.12. The number of nitrogens with one attached hydrogen (secondary N) is 1. The van der Waals surface area contributed by atoms with Gasteiger partial charge in [-0.1, -0.05) is 30.1 Å². The first-order chi connectivity index (χ1) is 8.70. The van der Waals surface area contributed by atoms with Crippen molar-refractivity contribution < 1.29 is 0 Å². The number of pyridine rings is 1. The average molecular weight is 285 g/mol. The molecule has 0 radical (unpaired) electrons. The first-order valence-electron chi connectivity index (χ1n) is 5.76. The van der Waals surface area contributed by atoms with E-state index in [9.17, 15) is 0 Å². The molecule has 0 aliphatic heterocycles. The first-order valence-corrected chi connectivity index (χ1v) is 6.52. The summed E-state index contributed by atoms with van der Waals surface area (Å²) in [5, 5.41) is 8.49. The smallest absolute Gasteiger partial charge is 0.172 e. The van der Waals surface area contributed by atoms with Gasteiger partial charge in [-0.15, -0.1) is 0 Å². The molecule has 4 nitrogen and oxygen atoms in total. The van der Waals surface area contributed by atoms with Crippen LogP contribution in [0.25, 0.3) is 5.82 Å². The first kappa shape index (κ1) is 13.3. The molecule has 0 aliphatic rings. The summed E-state index contributed by atoms with van der Waals surface area (Å²) in [7, 11) is 0. The van der Waals surface area contributed by atoms with Crippen molar-refractivity contribution in [3.63, 3.8) is 0 Å². The van der Waals surface area contributed by atoms with Crippen molar-refractivity contribution >= 4 is 23.2 Å². The Morgan fingerprint density at radius 2 is 2.17 bits per heavy atom. The van der Waals surface area contributed by atoms with Crippen LogP contribution in [0.1, 0.15) is 18.9 Å². The van der Waals surface area contributed by atoms with E-state index < -0.39 is 0 Å². The number of rotatable bonds is 5. The second-order valence-electron chi connectivity index (χ2n) is 3.93. The fourth-order valence-corrected chi connectivity index (χ4v) is 1.97. The van der Waals surface area contributed by atoms with Gasteiger partial charge in [0, 0.05) is 12.7 Å². The summed E-state index contributed by atoms with van der Waals surface area (Å²) in [6.45, 7) is 3.87. The van der Waals surface area contributed by atoms with Crippen molar-refractivity contribution in [2.24, 2.45) is 0 Å². The molecule has 96 valence electrons. The van der Waals surface area contributed by atoms with Gasteiger partial charge in [-0.05, 0) is 24.6 Å². The Balaban J connectivity index is 2.15. The van der Waals surface area contributed by atoms with Gasteiger partial charge in [0.2, 0.25) is 0 Å². The molecule has 0 atom stereocenters. The van der Waals surface area contributed by atoms with Crippen LogP contribution in [0.5, 0.6) is 0 Å². The van der Waals surface area contributed by atoms with Crippen LogP contribution in [-0.4, -0.2) is 21.3 Å². The highest BCUT2D eigenvalue weighted by molar-refractivity contribution is 6.32. The summed E-state index contributed by atoms with van der Waals surface area (Å²) in [5.74, 6) is 0.586. The van der Waals surface area contributed by atoms with Gasteiger partial charge in [-0.3, -0.25) is 0 Å². The minimum atomic E-state index is 0.557. The molecule has 0 spiro atoms. The van der Waals surface area contributed by atoms with Crippen molar-refractivity contribution in [1.29, 1.82) is 0 Å². The zero-order chi connectivity index (χ0) is 13.0. The molecule has 0 unspecified atom stereocenters. The molecule has 2 heterocycles. The molecular formula is C12H14Cl2N4. The lowest BCUT2D eigenvalue weighted by Crippen LogP contribution is -2.14. The second-order valence-corrected chi connectivity index (χ2v) is 4.77. The fourth-order valence-electron chi connectivity index (χ4n) is 1.56. The number of nitrogens with zero attached hydrogens (tertiary/aromatic N) is 3. The summed E-state index contributed by atoms with van der Waals surface area (Å²) in [5.41, 5.74) is 1.05. The number of hydrogen-bond acceptors (Lipinski definition) is 3. The molecule has 0 saturated heterocycles. The van der Waals surface area contributed by atoms with E-state index in [1.807, 2.05) is 6.07 Å². The molecule has 0 saturated carbocycles. The fraction of sp³-hybridized carbons (Fsp3) is 0.333. The van der Waals surface area contributed by atoms with E-state index in [-0.39, 0.29) is 0 Å². The van der Waals surface area contributed by atoms with E-state index in [2.05, 4.69) is 22.3 Å². The third-order valence-corrected chi connectivity index (χ3v) is 2.88. The Labute approximate surface area is 116 Å². The molecule has 0 aliphatic carbocycles. The van der Waals surface area contributed by atoms with Crippen molar-refractivity contribution in [3.8, 4) is 5.82 Å². The Bertz CT molecular complexity index is 525. The van der Waals surface area contributed by atoms with Crippen molar-refractivity contribution in [2.45, 2.75) is 19.9 Å². The molecule has 2 rings (SSSR count). The van der Waals surface area contributed by atoms with E-state index in [4.69, 9.17) is 23.2 Å². The van der Waals surface area contributed by atoms with Crippen LogP contribution in [0.2, 0.25) is 10.0 Å². The molecule has 0 aromatic carbocycles. The summed E-state index contributed by atoms with van der Waals surface area (Å²) >= 11 is 12.0. The predicted molar refractivity (Wildman–Crippen MR) is 73.4 cm³/mol. The van der Waals surface area contributed by atoms with Gasteiger partial charge in [0.1, 0.15) is 0 Å². The van der Waals surface area contributed by atoms with Crippen molar-refractivity contribution in [3.05, 3.63) is 40.3 Å². The van der Waals surface area contributed by atoms with E-state index >= 15 is 0 Å². The molecule has 0 amide bonds. The maximum atomic E-state index is 6.19. The number of halogens is 2. The third-order valence-electron chi connectivity index (χ3n) is 2.40. The second kappa shape index (κ2) is 6.18. The number of aromatic nitrogens is 3. The van der Waals surface area contributed by atoms with Crippen LogP contribution >= 0.6 is 23.2 Å². The largest absolute Gasteiger partial charge is 0.313 e. The molecule has 1 N–H and O–H groups in total. The van der Waals surface area contributed by atoms with Crippen LogP contribution in [0.15, 0.2) is 24.7 Å². The topological polar surface area (TPSA) is 42.7 Å². The van der Waals surface area contributed by atoms with Crippen LogP contribution in [0, 0.1) is 0 Å². The predicted octanol–water partition coefficient (Wildman–Crippen LogP) is 3.07. The summed E-state index contributed by atoms with van der Waals surface area (Å²) in [6, 6.07) is 1.89. The Kier molecular flexibility index (Phi) is 4.58. The maximum absolute atomic E-state index is 6.19. The maximum Gasteiger partial charge on any atom is 0.172 e. The summed E-state index contributed by atoms with van der Waals surface area (Å²) < 4.78 is 1.56. The van der Waals surface area contributed by atoms with Gasteiger partial charge in [-0.25, -0.2) is 9.67 Å². The third kappa shape index (κ3) is 3.22. The molecule has 18 heavy (non-hydrogen) atoms. The molecule has 2 aromatic heterocycles. The van der Waals surface area contributed by atoms with Crippen molar-refractivity contribution in [1.82, 2.24) is 20.1 Å². The van der Waals surface area contributed by atoms with Gasteiger partial charge >= 0.3 is 0 Å². The zero-order valence-electron chi connectivity index (χ0n) is 10.0. The van der Waals surface area contributed by atoms with Gasteiger partial charge < -0.3 is 5.32 Å². The van der Waals surface area contributed by atoms with Crippen LogP contribution in [-0.2, 0) is 6.54 Å². The Hall–Kier alpha value is -1.10. The van der Waals surface area contributed by atoms with Gasteiger partial charge in [-0.2, -0.15) is 5.10 Å². The highest BCUT2D eigenvalue weighted by Gasteiger charge is 2.07. The van der Waals surface area contributed by atoms with E-state index in [0.29, 0.717) is 15.9 Å². The number of hydrogen-bond donors (Lipinski definition) is 1. The lowest BCUT2D eigenvalue weighted by atomic mass is 10.2. The lowest BCUT2D eigenvalue weighted by Gasteiger charge is -2.07. The van der Waals surface area contributed by atoms with E-state index in [1.54, 1.807) is 23.3 Å². The monoisotopic (exact) mass is 284 g/mol. The van der Waals surface area contributed by atoms with E-state index in [0.717, 1.165) is 25.1 Å². The zero-order valence-corrected chi connectivity index (χ0v) is 11.5. The molecule has 2 aromatic rings. The molecular weight excluding hydrogens is 271 g/mol. The molecule has 6 heteroatoms. The Morgan fingerprint density at radius 1 is 1.33 bits per heavy atom. The van der Waals surface area contributed by atoms with Gasteiger partial charge in [0.05, 0.1) is 22.4 Å². The van der Waals surface area contributed by atoms with Crippen LogP contribution in [0.4, 0.5) is 0 Å². The molecule has 0 fully saturated rings. The average Bonchev–Trinajstić information content (AvgIpc) is 2.76. The quantitative estimate of drug-likeness (QED) is 0.858. The van der Waals surface area contributed by atoms with Gasteiger partial charge in [0.25, 0.3) is 0 Å². The Morgan fingerprint density at radius 3 is 2.78 bits per heavy atom. The highest BCUT2D eigenvalue weighted by Crippen LogP contribution is 2.20. The van der Waals surface area contributed by atoms with Crippen LogP contribution < -0.4 is 5.32 Å². The minimum Gasteiger partial charge on any atom is -0.313 e. The summed E-state index contributed by atoms with van der Waals surface area (Å²) in [4.78, 5) is 4.31. The minimum absolute atomic E-state index is 0.557. The van der Waals surface area contributed by atoms with E-state index in [1.165, 1.54) is 0 Å².